The van der Waals surface area contributed by atoms with Gasteiger partial charge in [-0.3, -0.25) is 4.79 Å². The third-order valence-electron chi connectivity index (χ3n) is 2.32. The van der Waals surface area contributed by atoms with Crippen molar-refractivity contribution in [3.8, 4) is 11.5 Å². The molecule has 0 radical (unpaired) electrons. The van der Waals surface area contributed by atoms with Gasteiger partial charge in [-0.25, -0.2) is 0 Å². The van der Waals surface area contributed by atoms with Crippen LogP contribution in [-0.2, 0) is 0 Å². The Morgan fingerprint density at radius 1 is 1.33 bits per heavy atom. The minimum Gasteiger partial charge on any atom is -0.508 e. The van der Waals surface area contributed by atoms with E-state index in [0.717, 1.165) is 6.42 Å². The third kappa shape index (κ3) is 2.19. The van der Waals surface area contributed by atoms with E-state index in [1.54, 1.807) is 0 Å². The van der Waals surface area contributed by atoms with Gasteiger partial charge in [0.1, 0.15) is 11.5 Å². The molecule has 0 aromatic heterocycles. The molecule has 5 N–H and O–H groups in total. The van der Waals surface area contributed by atoms with E-state index in [-0.39, 0.29) is 35.1 Å². The Balaban J connectivity index is 2.11. The highest BCUT2D eigenvalue weighted by Crippen LogP contribution is 2.22. The van der Waals surface area contributed by atoms with Crippen molar-refractivity contribution in [2.24, 2.45) is 5.73 Å². The molecule has 2 atom stereocenters. The van der Waals surface area contributed by atoms with Crippen molar-refractivity contribution in [3.63, 3.8) is 0 Å². The molecular formula is C10H12N2O3. The molecular weight excluding hydrogens is 196 g/mol. The van der Waals surface area contributed by atoms with Crippen LogP contribution in [0.4, 0.5) is 0 Å². The summed E-state index contributed by atoms with van der Waals surface area (Å²) >= 11 is 0. The average molecular weight is 208 g/mol. The van der Waals surface area contributed by atoms with E-state index >= 15 is 0 Å². The lowest BCUT2D eigenvalue weighted by Crippen LogP contribution is -2.29. The van der Waals surface area contributed by atoms with Crippen LogP contribution in [0.2, 0.25) is 0 Å². The fourth-order valence-electron chi connectivity index (χ4n) is 1.36. The Morgan fingerprint density at radius 2 is 1.87 bits per heavy atom. The van der Waals surface area contributed by atoms with E-state index < -0.39 is 0 Å². The first-order chi connectivity index (χ1) is 7.06. The lowest BCUT2D eigenvalue weighted by molar-refractivity contribution is 0.0949. The minimum absolute atomic E-state index is 0.0157. The summed E-state index contributed by atoms with van der Waals surface area (Å²) < 4.78 is 0. The predicted octanol–water partition coefficient (Wildman–Crippen LogP) is -0.0728. The number of phenols is 2. The molecule has 1 saturated carbocycles. The van der Waals surface area contributed by atoms with Gasteiger partial charge in [-0.1, -0.05) is 0 Å². The van der Waals surface area contributed by atoms with Crippen molar-refractivity contribution >= 4 is 5.91 Å². The van der Waals surface area contributed by atoms with Gasteiger partial charge in [0.2, 0.25) is 0 Å². The highest BCUT2D eigenvalue weighted by molar-refractivity contribution is 5.95. The van der Waals surface area contributed by atoms with Crippen molar-refractivity contribution in [2.75, 3.05) is 0 Å². The number of amides is 1. The van der Waals surface area contributed by atoms with Gasteiger partial charge in [0.05, 0.1) is 0 Å². The van der Waals surface area contributed by atoms with E-state index in [0.29, 0.717) is 0 Å². The molecule has 15 heavy (non-hydrogen) atoms. The maximum Gasteiger partial charge on any atom is 0.251 e. The number of hydrogen-bond donors (Lipinski definition) is 4. The summed E-state index contributed by atoms with van der Waals surface area (Å²) in [7, 11) is 0. The topological polar surface area (TPSA) is 95.6 Å². The van der Waals surface area contributed by atoms with Gasteiger partial charge in [0.15, 0.2) is 0 Å². The molecule has 1 aromatic rings. The second kappa shape index (κ2) is 3.43. The number of rotatable bonds is 2. The van der Waals surface area contributed by atoms with Crippen molar-refractivity contribution in [1.29, 1.82) is 0 Å². The molecule has 0 spiro atoms. The monoisotopic (exact) mass is 208 g/mol. The van der Waals surface area contributed by atoms with Crippen LogP contribution in [0.25, 0.3) is 0 Å². The third-order valence-corrected chi connectivity index (χ3v) is 2.32. The average Bonchev–Trinajstić information content (AvgIpc) is 2.79. The van der Waals surface area contributed by atoms with Gasteiger partial charge >= 0.3 is 0 Å². The maximum atomic E-state index is 11.6. The molecule has 5 nitrogen and oxygen atoms in total. The first-order valence-corrected chi connectivity index (χ1v) is 4.66. The molecule has 1 fully saturated rings. The highest BCUT2D eigenvalue weighted by Gasteiger charge is 2.34. The van der Waals surface area contributed by atoms with Crippen LogP contribution in [0, 0.1) is 0 Å². The van der Waals surface area contributed by atoms with E-state index in [4.69, 9.17) is 5.73 Å². The number of nitrogens with one attached hydrogen (secondary N) is 1. The quantitative estimate of drug-likeness (QED) is 0.547. The Hall–Kier alpha value is -1.75. The molecule has 1 aliphatic carbocycles. The SMILES string of the molecule is NC1CC1NC(=O)c1cc(O)cc(O)c1. The summed E-state index contributed by atoms with van der Waals surface area (Å²) in [5, 5.41) is 21.0. The van der Waals surface area contributed by atoms with Crippen LogP contribution in [0.3, 0.4) is 0 Å². The van der Waals surface area contributed by atoms with Gasteiger partial charge in [-0.15, -0.1) is 0 Å². The summed E-state index contributed by atoms with van der Waals surface area (Å²) in [6.07, 6.45) is 0.774. The Kier molecular flexibility index (Phi) is 2.24. The zero-order chi connectivity index (χ0) is 11.0. The molecule has 1 aliphatic rings. The largest absolute Gasteiger partial charge is 0.508 e. The molecule has 0 heterocycles. The number of hydrogen-bond acceptors (Lipinski definition) is 4. The lowest BCUT2D eigenvalue weighted by Gasteiger charge is -2.04. The van der Waals surface area contributed by atoms with E-state index in [9.17, 15) is 15.0 Å². The molecule has 0 saturated heterocycles. The Morgan fingerprint density at radius 3 is 2.33 bits per heavy atom. The normalized spacial score (nSPS) is 23.5. The summed E-state index contributed by atoms with van der Waals surface area (Å²) in [6, 6.07) is 3.80. The fraction of sp³-hybridized carbons (Fsp3) is 0.300. The summed E-state index contributed by atoms with van der Waals surface area (Å²) in [5.74, 6) is -0.611. The maximum absolute atomic E-state index is 11.6. The molecule has 5 heteroatoms. The van der Waals surface area contributed by atoms with Gasteiger partial charge in [-0.05, 0) is 18.6 Å². The molecule has 1 amide bonds. The summed E-state index contributed by atoms with van der Waals surface area (Å²) in [6.45, 7) is 0. The molecule has 80 valence electrons. The minimum atomic E-state index is -0.334. The number of aromatic hydroxyl groups is 2. The van der Waals surface area contributed by atoms with E-state index in [1.807, 2.05) is 0 Å². The molecule has 0 aliphatic heterocycles. The fourth-order valence-corrected chi connectivity index (χ4v) is 1.36. The van der Waals surface area contributed by atoms with Crippen LogP contribution >= 0.6 is 0 Å². The van der Waals surface area contributed by atoms with Gasteiger partial charge in [0, 0.05) is 23.7 Å². The van der Waals surface area contributed by atoms with Gasteiger partial charge in [-0.2, -0.15) is 0 Å². The standard InChI is InChI=1S/C10H12N2O3/c11-8-4-9(8)12-10(15)5-1-6(13)3-7(14)2-5/h1-3,8-9,13-14H,4,11H2,(H,12,15). The van der Waals surface area contributed by atoms with E-state index in [1.165, 1.54) is 18.2 Å². The van der Waals surface area contributed by atoms with Crippen LogP contribution in [-0.4, -0.2) is 28.2 Å². The number of benzene rings is 1. The second-order valence-corrected chi connectivity index (χ2v) is 3.72. The highest BCUT2D eigenvalue weighted by atomic mass is 16.3. The zero-order valence-electron chi connectivity index (χ0n) is 7.97. The van der Waals surface area contributed by atoms with Crippen molar-refractivity contribution in [1.82, 2.24) is 5.32 Å². The lowest BCUT2D eigenvalue weighted by atomic mass is 10.2. The van der Waals surface area contributed by atoms with Crippen LogP contribution in [0.1, 0.15) is 16.8 Å². The van der Waals surface area contributed by atoms with Crippen LogP contribution in [0.5, 0.6) is 11.5 Å². The van der Waals surface area contributed by atoms with Crippen molar-refractivity contribution in [3.05, 3.63) is 23.8 Å². The number of nitrogens with two attached hydrogens (primary N) is 1. The van der Waals surface area contributed by atoms with Crippen molar-refractivity contribution in [2.45, 2.75) is 18.5 Å². The smallest absolute Gasteiger partial charge is 0.251 e. The number of carbonyl (C=O) groups excluding carboxylic acids is 1. The first kappa shape index (κ1) is 9.79. The van der Waals surface area contributed by atoms with Crippen LogP contribution < -0.4 is 11.1 Å². The first-order valence-electron chi connectivity index (χ1n) is 4.66. The zero-order valence-corrected chi connectivity index (χ0v) is 7.97. The molecule has 2 rings (SSSR count). The summed E-state index contributed by atoms with van der Waals surface area (Å²) in [5.41, 5.74) is 5.77. The Labute approximate surface area is 86.5 Å². The van der Waals surface area contributed by atoms with Crippen molar-refractivity contribution < 1.29 is 15.0 Å². The molecule has 1 aromatic carbocycles. The van der Waals surface area contributed by atoms with Gasteiger partial charge in [0.25, 0.3) is 5.91 Å². The Bertz CT molecular complexity index is 385. The van der Waals surface area contributed by atoms with Gasteiger partial charge < -0.3 is 21.3 Å². The van der Waals surface area contributed by atoms with E-state index in [2.05, 4.69) is 5.32 Å². The number of carbonyl (C=O) groups is 1. The molecule has 2 unspecified atom stereocenters. The van der Waals surface area contributed by atoms with Crippen LogP contribution in [0.15, 0.2) is 18.2 Å². The predicted molar refractivity (Wildman–Crippen MR) is 53.6 cm³/mol. The summed E-state index contributed by atoms with van der Waals surface area (Å²) in [4.78, 5) is 11.6. The molecule has 0 bridgehead atoms. The number of phenolic OH excluding ortho intramolecular Hbond substituents is 2. The second-order valence-electron chi connectivity index (χ2n) is 3.72.